The maximum Gasteiger partial charge on any atom is 0.224 e. The first-order valence-corrected chi connectivity index (χ1v) is 7.02. The first-order chi connectivity index (χ1) is 8.97. The number of nitrogens with zero attached hydrogens (tertiary/aromatic N) is 3. The molecule has 19 heavy (non-hydrogen) atoms. The van der Waals surface area contributed by atoms with Crippen molar-refractivity contribution in [2.75, 3.05) is 0 Å². The molecule has 0 saturated carbocycles. The van der Waals surface area contributed by atoms with Gasteiger partial charge in [0.1, 0.15) is 5.01 Å². The Labute approximate surface area is 116 Å². The highest BCUT2D eigenvalue weighted by atomic mass is 32.1. The highest BCUT2D eigenvalue weighted by molar-refractivity contribution is 7.09. The van der Waals surface area contributed by atoms with Gasteiger partial charge in [-0.2, -0.15) is 5.10 Å². The largest absolute Gasteiger partial charge is 0.349 e. The van der Waals surface area contributed by atoms with Crippen molar-refractivity contribution in [1.82, 2.24) is 20.1 Å². The van der Waals surface area contributed by atoms with E-state index in [1.807, 2.05) is 37.9 Å². The number of carbonyl (C=O) groups excluding carboxylic acids is 1. The van der Waals surface area contributed by atoms with Crippen molar-refractivity contribution in [1.29, 1.82) is 0 Å². The molecular formula is C13H18N4OS. The summed E-state index contributed by atoms with van der Waals surface area (Å²) < 4.78 is 1.81. The van der Waals surface area contributed by atoms with Crippen LogP contribution in [0.1, 0.15) is 27.7 Å². The van der Waals surface area contributed by atoms with Gasteiger partial charge in [-0.05, 0) is 20.8 Å². The minimum absolute atomic E-state index is 0.00653. The predicted molar refractivity (Wildman–Crippen MR) is 75.1 cm³/mol. The summed E-state index contributed by atoms with van der Waals surface area (Å²) in [6.07, 6.45) is 0.371. The van der Waals surface area contributed by atoms with Crippen LogP contribution in [-0.2, 0) is 24.8 Å². The van der Waals surface area contributed by atoms with E-state index in [0.29, 0.717) is 13.0 Å². The van der Waals surface area contributed by atoms with Crippen LogP contribution in [0.25, 0.3) is 0 Å². The van der Waals surface area contributed by atoms with Gasteiger partial charge in [-0.3, -0.25) is 9.48 Å². The molecule has 2 rings (SSSR count). The number of thiazole rings is 1. The van der Waals surface area contributed by atoms with Crippen LogP contribution >= 0.6 is 11.3 Å². The molecule has 0 radical (unpaired) electrons. The first kappa shape index (κ1) is 13.7. The lowest BCUT2D eigenvalue weighted by molar-refractivity contribution is -0.120. The molecule has 0 aliphatic rings. The smallest absolute Gasteiger partial charge is 0.224 e. The molecule has 1 N–H and O–H groups in total. The summed E-state index contributed by atoms with van der Waals surface area (Å²) in [7, 11) is 1.89. The van der Waals surface area contributed by atoms with E-state index < -0.39 is 0 Å². The van der Waals surface area contributed by atoms with Crippen molar-refractivity contribution in [3.63, 3.8) is 0 Å². The van der Waals surface area contributed by atoms with Crippen LogP contribution in [0.5, 0.6) is 0 Å². The summed E-state index contributed by atoms with van der Waals surface area (Å²) in [6.45, 7) is 6.35. The lowest BCUT2D eigenvalue weighted by atomic mass is 10.1. The van der Waals surface area contributed by atoms with Gasteiger partial charge in [0.15, 0.2) is 0 Å². The van der Waals surface area contributed by atoms with Crippen LogP contribution in [0.2, 0.25) is 0 Å². The number of amides is 1. The Balaban J connectivity index is 1.94. The minimum Gasteiger partial charge on any atom is -0.349 e. The third-order valence-corrected chi connectivity index (χ3v) is 4.07. The Morgan fingerprint density at radius 2 is 2.16 bits per heavy atom. The second-order valence-corrected chi connectivity index (χ2v) is 5.55. The summed E-state index contributed by atoms with van der Waals surface area (Å²) in [6, 6.07) is 0. The second kappa shape index (κ2) is 5.52. The number of carbonyl (C=O) groups is 1. The fourth-order valence-electron chi connectivity index (χ4n) is 1.95. The van der Waals surface area contributed by atoms with Gasteiger partial charge in [0.2, 0.25) is 5.91 Å². The van der Waals surface area contributed by atoms with E-state index in [2.05, 4.69) is 15.4 Å². The highest BCUT2D eigenvalue weighted by Gasteiger charge is 2.13. The molecule has 0 spiro atoms. The van der Waals surface area contributed by atoms with E-state index in [1.54, 1.807) is 11.3 Å². The van der Waals surface area contributed by atoms with E-state index >= 15 is 0 Å². The molecule has 0 fully saturated rings. The molecule has 0 atom stereocenters. The van der Waals surface area contributed by atoms with Crippen LogP contribution in [0.4, 0.5) is 0 Å². The van der Waals surface area contributed by atoms with Gasteiger partial charge in [0, 0.05) is 29.4 Å². The normalized spacial score (nSPS) is 10.7. The number of rotatable bonds is 4. The van der Waals surface area contributed by atoms with Crippen molar-refractivity contribution >= 4 is 17.2 Å². The van der Waals surface area contributed by atoms with Crippen molar-refractivity contribution in [3.8, 4) is 0 Å². The van der Waals surface area contributed by atoms with Gasteiger partial charge in [-0.1, -0.05) is 0 Å². The maximum atomic E-state index is 11.9. The molecule has 102 valence electrons. The standard InChI is InChI=1S/C13H18N4OS/c1-8-7-19-13(15-8)6-14-12(18)5-11-9(2)16-17(4)10(11)3/h7H,5-6H2,1-4H3,(H,14,18). The molecule has 0 bridgehead atoms. The molecule has 0 unspecified atom stereocenters. The van der Waals surface area contributed by atoms with Crippen LogP contribution in [0.15, 0.2) is 5.38 Å². The number of aromatic nitrogens is 3. The molecular weight excluding hydrogens is 260 g/mol. The fraction of sp³-hybridized carbons (Fsp3) is 0.462. The Morgan fingerprint density at radius 3 is 2.68 bits per heavy atom. The van der Waals surface area contributed by atoms with E-state index in [4.69, 9.17) is 0 Å². The van der Waals surface area contributed by atoms with Gasteiger partial charge < -0.3 is 5.32 Å². The third-order valence-electron chi connectivity index (χ3n) is 3.10. The monoisotopic (exact) mass is 278 g/mol. The summed E-state index contributed by atoms with van der Waals surface area (Å²) in [5.41, 5.74) is 3.96. The summed E-state index contributed by atoms with van der Waals surface area (Å²) in [4.78, 5) is 16.3. The van der Waals surface area contributed by atoms with Crippen molar-refractivity contribution in [2.45, 2.75) is 33.7 Å². The summed E-state index contributed by atoms with van der Waals surface area (Å²) in [5.74, 6) is 0.00653. The van der Waals surface area contributed by atoms with E-state index in [1.165, 1.54) is 0 Å². The number of aryl methyl sites for hydroxylation is 3. The van der Waals surface area contributed by atoms with Gasteiger partial charge in [0.25, 0.3) is 0 Å². The van der Waals surface area contributed by atoms with E-state index in [9.17, 15) is 4.79 Å². The van der Waals surface area contributed by atoms with Gasteiger partial charge in [-0.15, -0.1) is 11.3 Å². The average Bonchev–Trinajstić information content (AvgIpc) is 2.86. The molecule has 0 aliphatic heterocycles. The SMILES string of the molecule is Cc1csc(CNC(=O)Cc2c(C)nn(C)c2C)n1. The molecule has 5 nitrogen and oxygen atoms in total. The quantitative estimate of drug-likeness (QED) is 0.925. The topological polar surface area (TPSA) is 59.8 Å². The van der Waals surface area contributed by atoms with Crippen LogP contribution in [0.3, 0.4) is 0 Å². The Hall–Kier alpha value is -1.69. The fourth-order valence-corrected chi connectivity index (χ4v) is 2.67. The Bertz CT molecular complexity index is 600. The number of hydrogen-bond acceptors (Lipinski definition) is 4. The number of nitrogens with one attached hydrogen (secondary N) is 1. The molecule has 2 aromatic heterocycles. The van der Waals surface area contributed by atoms with Crippen LogP contribution in [0, 0.1) is 20.8 Å². The van der Waals surface area contributed by atoms with Gasteiger partial charge in [-0.25, -0.2) is 4.98 Å². The second-order valence-electron chi connectivity index (χ2n) is 4.61. The molecule has 0 saturated heterocycles. The molecule has 6 heteroatoms. The first-order valence-electron chi connectivity index (χ1n) is 6.14. The van der Waals surface area contributed by atoms with Crippen LogP contribution < -0.4 is 5.32 Å². The summed E-state index contributed by atoms with van der Waals surface area (Å²) >= 11 is 1.57. The zero-order valence-corrected chi connectivity index (χ0v) is 12.5. The van der Waals surface area contributed by atoms with E-state index in [0.717, 1.165) is 27.7 Å². The lowest BCUT2D eigenvalue weighted by Crippen LogP contribution is -2.25. The lowest BCUT2D eigenvalue weighted by Gasteiger charge is -2.04. The number of hydrogen-bond donors (Lipinski definition) is 1. The Morgan fingerprint density at radius 1 is 1.42 bits per heavy atom. The molecule has 0 aromatic carbocycles. The maximum absolute atomic E-state index is 11.9. The highest BCUT2D eigenvalue weighted by Crippen LogP contribution is 2.13. The molecule has 0 aliphatic carbocycles. The molecule has 1 amide bonds. The Kier molecular flexibility index (Phi) is 3.99. The third kappa shape index (κ3) is 3.20. The zero-order valence-electron chi connectivity index (χ0n) is 11.6. The van der Waals surface area contributed by atoms with Crippen molar-refractivity contribution in [2.24, 2.45) is 7.05 Å². The molecule has 2 aromatic rings. The van der Waals surface area contributed by atoms with Crippen molar-refractivity contribution in [3.05, 3.63) is 33.0 Å². The van der Waals surface area contributed by atoms with E-state index in [-0.39, 0.29) is 5.91 Å². The van der Waals surface area contributed by atoms with Gasteiger partial charge >= 0.3 is 0 Å². The van der Waals surface area contributed by atoms with Crippen molar-refractivity contribution < 1.29 is 4.79 Å². The average molecular weight is 278 g/mol. The molecule has 2 heterocycles. The van der Waals surface area contributed by atoms with Gasteiger partial charge in [0.05, 0.1) is 18.7 Å². The van der Waals surface area contributed by atoms with Crippen LogP contribution in [-0.4, -0.2) is 20.7 Å². The predicted octanol–water partition coefficient (Wildman–Crippen LogP) is 1.66. The summed E-state index contributed by atoms with van der Waals surface area (Å²) in [5, 5.41) is 10.1. The zero-order chi connectivity index (χ0) is 14.0. The minimum atomic E-state index is 0.00653.